The molecule has 1 aliphatic carbocycles. The molecule has 0 spiro atoms. The molecule has 0 aromatic rings. The van der Waals surface area contributed by atoms with Crippen molar-refractivity contribution in [2.24, 2.45) is 5.73 Å². The lowest BCUT2D eigenvalue weighted by Gasteiger charge is -2.32. The Morgan fingerprint density at radius 2 is 1.76 bits per heavy atom. The molecule has 1 saturated carbocycles. The number of nitrogens with one attached hydrogen (secondary N) is 1. The molecule has 0 aromatic heterocycles. The Balaban J connectivity index is 0.00000200. The molecule has 2 rings (SSSR count). The maximum atomic E-state index is 12.1. The van der Waals surface area contributed by atoms with Gasteiger partial charge in [-0.05, 0) is 25.8 Å². The number of ether oxygens (including phenoxy) is 1. The third kappa shape index (κ3) is 6.70. The van der Waals surface area contributed by atoms with Crippen LogP contribution in [-0.4, -0.2) is 55.7 Å². The van der Waals surface area contributed by atoms with E-state index in [4.69, 9.17) is 10.5 Å². The van der Waals surface area contributed by atoms with Crippen molar-refractivity contribution in [3.8, 4) is 0 Å². The molecular formula is C14H29Cl2N3O2. The minimum absolute atomic E-state index is 0. The topological polar surface area (TPSA) is 67.6 Å². The number of morpholine rings is 1. The van der Waals surface area contributed by atoms with Crippen LogP contribution in [-0.2, 0) is 9.53 Å². The highest BCUT2D eigenvalue weighted by molar-refractivity contribution is 5.86. The molecule has 21 heavy (non-hydrogen) atoms. The van der Waals surface area contributed by atoms with E-state index in [1.807, 2.05) is 0 Å². The van der Waals surface area contributed by atoms with E-state index >= 15 is 0 Å². The lowest BCUT2D eigenvalue weighted by Crippen LogP contribution is -2.55. The van der Waals surface area contributed by atoms with E-state index in [-0.39, 0.29) is 30.7 Å². The second kappa shape index (κ2) is 10.6. The maximum Gasteiger partial charge on any atom is 0.240 e. The fourth-order valence-corrected chi connectivity index (χ4v) is 2.92. The van der Waals surface area contributed by atoms with E-state index in [9.17, 15) is 4.79 Å². The number of carbonyl (C=O) groups excluding carboxylic acids is 1. The van der Waals surface area contributed by atoms with Crippen LogP contribution in [0, 0.1) is 0 Å². The number of carbonyl (C=O) groups is 1. The zero-order chi connectivity index (χ0) is 13.6. The number of rotatable bonds is 5. The zero-order valence-electron chi connectivity index (χ0n) is 12.6. The SMILES string of the molecule is Cl.Cl.NC1(C(=O)NCCCN2CCOCC2)CCCCC1. The van der Waals surface area contributed by atoms with Crippen molar-refractivity contribution in [1.82, 2.24) is 10.2 Å². The van der Waals surface area contributed by atoms with Crippen LogP contribution in [0.5, 0.6) is 0 Å². The summed E-state index contributed by atoms with van der Waals surface area (Å²) in [6.07, 6.45) is 6.03. The summed E-state index contributed by atoms with van der Waals surface area (Å²) in [5.41, 5.74) is 5.59. The van der Waals surface area contributed by atoms with Crippen LogP contribution in [0.4, 0.5) is 0 Å². The number of nitrogens with two attached hydrogens (primary N) is 1. The van der Waals surface area contributed by atoms with Gasteiger partial charge in [-0.2, -0.15) is 0 Å². The van der Waals surface area contributed by atoms with Gasteiger partial charge in [0.2, 0.25) is 5.91 Å². The number of halogens is 2. The number of hydrogen-bond acceptors (Lipinski definition) is 4. The van der Waals surface area contributed by atoms with Gasteiger partial charge in [-0.25, -0.2) is 0 Å². The van der Waals surface area contributed by atoms with Crippen LogP contribution < -0.4 is 11.1 Å². The Hall–Kier alpha value is -0.0700. The van der Waals surface area contributed by atoms with Gasteiger partial charge in [0, 0.05) is 19.6 Å². The predicted octanol–water partition coefficient (Wildman–Crippen LogP) is 1.33. The lowest BCUT2D eigenvalue weighted by molar-refractivity contribution is -0.127. The predicted molar refractivity (Wildman–Crippen MR) is 89.4 cm³/mol. The average Bonchev–Trinajstić information content (AvgIpc) is 2.45. The van der Waals surface area contributed by atoms with Gasteiger partial charge in [-0.15, -0.1) is 24.8 Å². The average molecular weight is 342 g/mol. The molecule has 0 atom stereocenters. The molecule has 126 valence electrons. The molecule has 1 heterocycles. The molecule has 2 aliphatic rings. The second-order valence-corrected chi connectivity index (χ2v) is 5.78. The first-order valence-electron chi connectivity index (χ1n) is 7.58. The molecule has 3 N–H and O–H groups in total. The van der Waals surface area contributed by atoms with E-state index in [1.54, 1.807) is 0 Å². The van der Waals surface area contributed by atoms with E-state index in [2.05, 4.69) is 10.2 Å². The van der Waals surface area contributed by atoms with Gasteiger partial charge >= 0.3 is 0 Å². The molecule has 1 aliphatic heterocycles. The smallest absolute Gasteiger partial charge is 0.240 e. The first-order valence-corrected chi connectivity index (χ1v) is 7.58. The molecule has 0 bridgehead atoms. The minimum atomic E-state index is -0.600. The van der Waals surface area contributed by atoms with Gasteiger partial charge in [-0.3, -0.25) is 9.69 Å². The Morgan fingerprint density at radius 3 is 2.38 bits per heavy atom. The Kier molecular flexibility index (Phi) is 10.6. The van der Waals surface area contributed by atoms with E-state index in [0.717, 1.165) is 71.5 Å². The number of hydrogen-bond donors (Lipinski definition) is 2. The third-order valence-electron chi connectivity index (χ3n) is 4.24. The van der Waals surface area contributed by atoms with Crippen molar-refractivity contribution in [2.45, 2.75) is 44.1 Å². The second-order valence-electron chi connectivity index (χ2n) is 5.78. The van der Waals surface area contributed by atoms with Crippen LogP contribution in [0.1, 0.15) is 38.5 Å². The summed E-state index contributed by atoms with van der Waals surface area (Å²) in [5, 5.41) is 3.01. The molecule has 0 radical (unpaired) electrons. The van der Waals surface area contributed by atoms with Crippen LogP contribution >= 0.6 is 24.8 Å². The first-order chi connectivity index (χ1) is 9.21. The third-order valence-corrected chi connectivity index (χ3v) is 4.24. The van der Waals surface area contributed by atoms with Gasteiger partial charge in [0.1, 0.15) is 0 Å². The highest BCUT2D eigenvalue weighted by atomic mass is 35.5. The van der Waals surface area contributed by atoms with Crippen molar-refractivity contribution < 1.29 is 9.53 Å². The van der Waals surface area contributed by atoms with Gasteiger partial charge in [0.25, 0.3) is 0 Å². The summed E-state index contributed by atoms with van der Waals surface area (Å²) in [7, 11) is 0. The summed E-state index contributed by atoms with van der Waals surface area (Å²) in [6, 6.07) is 0. The molecule has 1 amide bonds. The lowest BCUT2D eigenvalue weighted by atomic mass is 9.82. The molecular weight excluding hydrogens is 313 g/mol. The largest absolute Gasteiger partial charge is 0.379 e. The van der Waals surface area contributed by atoms with Crippen LogP contribution in [0.25, 0.3) is 0 Å². The first kappa shape index (κ1) is 20.9. The van der Waals surface area contributed by atoms with Crippen molar-refractivity contribution >= 4 is 30.7 Å². The van der Waals surface area contributed by atoms with E-state index in [1.165, 1.54) is 6.42 Å². The fraction of sp³-hybridized carbons (Fsp3) is 0.929. The fourth-order valence-electron chi connectivity index (χ4n) is 2.92. The van der Waals surface area contributed by atoms with Gasteiger partial charge in [-0.1, -0.05) is 19.3 Å². The molecule has 0 unspecified atom stereocenters. The highest BCUT2D eigenvalue weighted by Gasteiger charge is 2.34. The van der Waals surface area contributed by atoms with Crippen molar-refractivity contribution in [1.29, 1.82) is 0 Å². The molecule has 5 nitrogen and oxygen atoms in total. The summed E-state index contributed by atoms with van der Waals surface area (Å²) in [6.45, 7) is 5.44. The summed E-state index contributed by atoms with van der Waals surface area (Å²) >= 11 is 0. The van der Waals surface area contributed by atoms with Crippen LogP contribution in [0.15, 0.2) is 0 Å². The quantitative estimate of drug-likeness (QED) is 0.740. The molecule has 0 aromatic carbocycles. The minimum Gasteiger partial charge on any atom is -0.379 e. The van der Waals surface area contributed by atoms with Gasteiger partial charge < -0.3 is 15.8 Å². The normalized spacial score (nSPS) is 21.8. The van der Waals surface area contributed by atoms with Crippen molar-refractivity contribution in [2.75, 3.05) is 39.4 Å². The van der Waals surface area contributed by atoms with E-state index in [0.29, 0.717) is 0 Å². The molecule has 7 heteroatoms. The Labute approximate surface area is 140 Å². The van der Waals surface area contributed by atoms with Crippen molar-refractivity contribution in [3.63, 3.8) is 0 Å². The highest BCUT2D eigenvalue weighted by Crippen LogP contribution is 2.25. The van der Waals surface area contributed by atoms with Gasteiger partial charge in [0.15, 0.2) is 0 Å². The van der Waals surface area contributed by atoms with Crippen LogP contribution in [0.2, 0.25) is 0 Å². The maximum absolute atomic E-state index is 12.1. The standard InChI is InChI=1S/C14H27N3O2.2ClH/c15-14(5-2-1-3-6-14)13(18)16-7-4-8-17-9-11-19-12-10-17;;/h1-12,15H2,(H,16,18);2*1H. The number of amides is 1. The monoisotopic (exact) mass is 341 g/mol. The van der Waals surface area contributed by atoms with Crippen LogP contribution in [0.3, 0.4) is 0 Å². The van der Waals surface area contributed by atoms with Crippen molar-refractivity contribution in [3.05, 3.63) is 0 Å². The molecule has 1 saturated heterocycles. The summed E-state index contributed by atoms with van der Waals surface area (Å²) < 4.78 is 5.31. The Bertz CT molecular complexity index is 294. The van der Waals surface area contributed by atoms with Gasteiger partial charge in [0.05, 0.1) is 18.8 Å². The number of nitrogens with zero attached hydrogens (tertiary/aromatic N) is 1. The Morgan fingerprint density at radius 1 is 1.14 bits per heavy atom. The summed E-state index contributed by atoms with van der Waals surface area (Å²) in [4.78, 5) is 14.5. The summed E-state index contributed by atoms with van der Waals surface area (Å²) in [5.74, 6) is 0.0502. The zero-order valence-corrected chi connectivity index (χ0v) is 14.3. The van der Waals surface area contributed by atoms with E-state index < -0.39 is 5.54 Å². The molecule has 2 fully saturated rings.